The highest BCUT2D eigenvalue weighted by atomic mass is 16.5. The van der Waals surface area contributed by atoms with E-state index in [4.69, 9.17) is 9.26 Å². The molecule has 2 heterocycles. The van der Waals surface area contributed by atoms with E-state index >= 15 is 0 Å². The topological polar surface area (TPSA) is 60.2 Å². The summed E-state index contributed by atoms with van der Waals surface area (Å²) in [6.07, 6.45) is 7.59. The van der Waals surface area contributed by atoms with E-state index in [0.717, 1.165) is 50.4 Å². The summed E-state index contributed by atoms with van der Waals surface area (Å²) in [5.41, 5.74) is -0.383. The van der Waals surface area contributed by atoms with Gasteiger partial charge in [0.2, 0.25) is 11.7 Å². The van der Waals surface area contributed by atoms with Gasteiger partial charge in [-0.3, -0.25) is 0 Å². The lowest BCUT2D eigenvalue weighted by molar-refractivity contribution is -0.0858. The lowest BCUT2D eigenvalue weighted by Crippen LogP contribution is -2.39. The van der Waals surface area contributed by atoms with Gasteiger partial charge < -0.3 is 14.6 Å². The number of hydrogen-bond donors (Lipinski definition) is 1. The second kappa shape index (κ2) is 4.87. The van der Waals surface area contributed by atoms with Crippen LogP contribution >= 0.6 is 0 Å². The van der Waals surface area contributed by atoms with E-state index in [2.05, 4.69) is 22.4 Å². The molecule has 1 atom stereocenters. The molecule has 0 aromatic carbocycles. The summed E-state index contributed by atoms with van der Waals surface area (Å²) in [5.74, 6) is 1.49. The Bertz CT molecular complexity index is 428. The Morgan fingerprint density at radius 3 is 2.68 bits per heavy atom. The van der Waals surface area contributed by atoms with Crippen LogP contribution in [0, 0.1) is 0 Å². The maximum atomic E-state index is 5.62. The van der Waals surface area contributed by atoms with Crippen LogP contribution in [0.2, 0.25) is 0 Å². The number of methoxy groups -OCH3 is 1. The van der Waals surface area contributed by atoms with Crippen LogP contribution in [-0.4, -0.2) is 23.8 Å². The quantitative estimate of drug-likeness (QED) is 0.886. The number of aromatic nitrogens is 2. The van der Waals surface area contributed by atoms with Crippen molar-refractivity contribution in [3.8, 4) is 0 Å². The number of ether oxygens (including phenoxy) is 1. The lowest BCUT2D eigenvalue weighted by Gasteiger charge is -2.37. The van der Waals surface area contributed by atoms with Gasteiger partial charge in [-0.15, -0.1) is 0 Å². The van der Waals surface area contributed by atoms with Crippen LogP contribution in [0.5, 0.6) is 0 Å². The molecule has 2 aliphatic rings. The van der Waals surface area contributed by atoms with Crippen LogP contribution in [0.25, 0.3) is 0 Å². The van der Waals surface area contributed by atoms with Gasteiger partial charge in [0.05, 0.1) is 5.54 Å². The van der Waals surface area contributed by atoms with E-state index in [-0.39, 0.29) is 11.1 Å². The monoisotopic (exact) mass is 265 g/mol. The molecule has 1 aliphatic heterocycles. The summed E-state index contributed by atoms with van der Waals surface area (Å²) in [4.78, 5) is 4.68. The molecule has 5 heteroatoms. The third kappa shape index (κ3) is 1.99. The van der Waals surface area contributed by atoms with Crippen molar-refractivity contribution in [1.82, 2.24) is 15.5 Å². The Balaban J connectivity index is 1.87. The highest BCUT2D eigenvalue weighted by molar-refractivity contribution is 5.12. The van der Waals surface area contributed by atoms with Crippen LogP contribution in [0.4, 0.5) is 0 Å². The molecule has 1 aliphatic carbocycles. The number of hydrogen-bond acceptors (Lipinski definition) is 5. The van der Waals surface area contributed by atoms with Gasteiger partial charge in [-0.05, 0) is 45.1 Å². The minimum atomic E-state index is -0.284. The lowest BCUT2D eigenvalue weighted by atomic mass is 9.79. The third-order valence-electron chi connectivity index (χ3n) is 4.72. The first-order valence-corrected chi connectivity index (χ1v) is 7.39. The molecule has 0 amide bonds. The van der Waals surface area contributed by atoms with Crippen LogP contribution in [0.1, 0.15) is 63.6 Å². The summed E-state index contributed by atoms with van der Waals surface area (Å²) >= 11 is 0. The van der Waals surface area contributed by atoms with Crippen molar-refractivity contribution in [3.63, 3.8) is 0 Å². The van der Waals surface area contributed by atoms with Crippen LogP contribution in [0.3, 0.4) is 0 Å². The second-order valence-electron chi connectivity index (χ2n) is 5.84. The largest absolute Gasteiger partial charge is 0.370 e. The molecule has 3 rings (SSSR count). The second-order valence-corrected chi connectivity index (χ2v) is 5.84. The van der Waals surface area contributed by atoms with Crippen molar-refractivity contribution >= 4 is 0 Å². The molecular weight excluding hydrogens is 242 g/mol. The molecule has 0 spiro atoms. The Morgan fingerprint density at radius 2 is 2.16 bits per heavy atom. The number of rotatable bonds is 5. The van der Waals surface area contributed by atoms with E-state index in [0.29, 0.717) is 0 Å². The minimum absolute atomic E-state index is 0.0985. The molecule has 1 aromatic heterocycles. The predicted molar refractivity (Wildman–Crippen MR) is 70.7 cm³/mol. The van der Waals surface area contributed by atoms with E-state index in [9.17, 15) is 0 Å². The SMILES string of the molecule is CCCC1(c2nc(C3(OC)CCC3)no2)CCCN1. The predicted octanol–water partition coefficient (Wildman–Crippen LogP) is 2.47. The molecule has 1 unspecified atom stereocenters. The minimum Gasteiger partial charge on any atom is -0.370 e. The highest BCUT2D eigenvalue weighted by Crippen LogP contribution is 2.44. The van der Waals surface area contributed by atoms with Crippen molar-refractivity contribution in [2.75, 3.05) is 13.7 Å². The summed E-state index contributed by atoms with van der Waals surface area (Å²) in [6.45, 7) is 3.23. The van der Waals surface area contributed by atoms with Crippen molar-refractivity contribution in [3.05, 3.63) is 11.7 Å². The van der Waals surface area contributed by atoms with Crippen LogP contribution < -0.4 is 5.32 Å². The highest BCUT2D eigenvalue weighted by Gasteiger charge is 2.46. The van der Waals surface area contributed by atoms with E-state index in [1.54, 1.807) is 7.11 Å². The van der Waals surface area contributed by atoms with Crippen LogP contribution in [-0.2, 0) is 15.9 Å². The first-order valence-electron chi connectivity index (χ1n) is 7.39. The average molecular weight is 265 g/mol. The number of nitrogens with one attached hydrogen (secondary N) is 1. The van der Waals surface area contributed by atoms with E-state index in [1.807, 2.05) is 0 Å². The molecule has 0 radical (unpaired) electrons. The molecule has 1 N–H and O–H groups in total. The standard InChI is InChI=1S/C14H23N3O2/c1-3-6-13(7-5-10-15-13)12-16-11(17-19-12)14(18-2)8-4-9-14/h15H,3-10H2,1-2H3. The van der Waals surface area contributed by atoms with Gasteiger partial charge in [0.15, 0.2) is 0 Å². The van der Waals surface area contributed by atoms with Gasteiger partial charge in [0.1, 0.15) is 5.60 Å². The Kier molecular flexibility index (Phi) is 3.35. The Hall–Kier alpha value is -0.940. The molecule has 1 saturated heterocycles. The molecule has 19 heavy (non-hydrogen) atoms. The van der Waals surface area contributed by atoms with Crippen molar-refractivity contribution in [2.45, 2.75) is 63.0 Å². The van der Waals surface area contributed by atoms with E-state index < -0.39 is 0 Å². The zero-order valence-electron chi connectivity index (χ0n) is 11.9. The smallest absolute Gasteiger partial charge is 0.247 e. The van der Waals surface area contributed by atoms with Gasteiger partial charge >= 0.3 is 0 Å². The summed E-state index contributed by atoms with van der Waals surface area (Å²) in [5, 5.41) is 7.77. The summed E-state index contributed by atoms with van der Waals surface area (Å²) in [6, 6.07) is 0. The summed E-state index contributed by atoms with van der Waals surface area (Å²) in [7, 11) is 1.74. The average Bonchev–Trinajstić information content (AvgIpc) is 2.98. The van der Waals surface area contributed by atoms with Gasteiger partial charge in [-0.25, -0.2) is 0 Å². The van der Waals surface area contributed by atoms with Crippen molar-refractivity contribution < 1.29 is 9.26 Å². The van der Waals surface area contributed by atoms with Gasteiger partial charge in [-0.2, -0.15) is 4.98 Å². The molecule has 106 valence electrons. The Labute approximate surface area is 114 Å². The first-order chi connectivity index (χ1) is 9.25. The maximum absolute atomic E-state index is 5.62. The fourth-order valence-electron chi connectivity index (χ4n) is 3.36. The molecule has 1 aromatic rings. The molecular formula is C14H23N3O2. The summed E-state index contributed by atoms with van der Waals surface area (Å²) < 4.78 is 11.2. The fourth-order valence-corrected chi connectivity index (χ4v) is 3.36. The zero-order valence-corrected chi connectivity index (χ0v) is 11.9. The normalized spacial score (nSPS) is 29.4. The maximum Gasteiger partial charge on any atom is 0.247 e. The molecule has 5 nitrogen and oxygen atoms in total. The Morgan fingerprint density at radius 1 is 1.32 bits per heavy atom. The molecule has 0 bridgehead atoms. The van der Waals surface area contributed by atoms with Gasteiger partial charge in [-0.1, -0.05) is 18.5 Å². The van der Waals surface area contributed by atoms with Crippen molar-refractivity contribution in [2.24, 2.45) is 0 Å². The third-order valence-corrected chi connectivity index (χ3v) is 4.72. The van der Waals surface area contributed by atoms with Crippen LogP contribution in [0.15, 0.2) is 4.52 Å². The molecule has 2 fully saturated rings. The van der Waals surface area contributed by atoms with E-state index in [1.165, 1.54) is 12.8 Å². The number of nitrogens with zero attached hydrogens (tertiary/aromatic N) is 2. The molecule has 1 saturated carbocycles. The first kappa shape index (κ1) is 13.1. The van der Waals surface area contributed by atoms with Crippen molar-refractivity contribution in [1.29, 1.82) is 0 Å². The fraction of sp³-hybridized carbons (Fsp3) is 0.857. The van der Waals surface area contributed by atoms with Gasteiger partial charge in [0.25, 0.3) is 0 Å². The van der Waals surface area contributed by atoms with Gasteiger partial charge in [0, 0.05) is 7.11 Å². The zero-order chi connectivity index (χ0) is 13.3.